The van der Waals surface area contributed by atoms with Crippen molar-refractivity contribution in [1.29, 1.82) is 0 Å². The van der Waals surface area contributed by atoms with Gasteiger partial charge in [-0.05, 0) is 66.8 Å². The number of rotatable bonds is 4. The lowest BCUT2D eigenvalue weighted by Crippen LogP contribution is -2.35. The van der Waals surface area contributed by atoms with Gasteiger partial charge in [-0.15, -0.1) is 0 Å². The molecule has 1 aromatic carbocycles. The molecule has 35 heavy (non-hydrogen) atoms. The third kappa shape index (κ3) is 3.70. The Hall–Kier alpha value is -3.91. The summed E-state index contributed by atoms with van der Waals surface area (Å²) in [4.78, 5) is 24.4. The molecular weight excluding hydrogens is 440 g/mol. The lowest BCUT2D eigenvalue weighted by atomic mass is 9.91. The average molecular weight is 469 g/mol. The Labute approximate surface area is 203 Å². The number of nitrogens with one attached hydrogen (secondary N) is 2. The Balaban J connectivity index is 1.35. The predicted molar refractivity (Wildman–Crippen MR) is 137 cm³/mol. The van der Waals surface area contributed by atoms with Crippen LogP contribution in [0.4, 0.5) is 17.2 Å². The van der Waals surface area contributed by atoms with E-state index in [1.807, 2.05) is 61.4 Å². The van der Waals surface area contributed by atoms with Gasteiger partial charge in [-0.25, -0.2) is 9.97 Å². The fourth-order valence-corrected chi connectivity index (χ4v) is 5.30. The van der Waals surface area contributed by atoms with Crippen molar-refractivity contribution in [1.82, 2.24) is 19.9 Å². The van der Waals surface area contributed by atoms with E-state index in [2.05, 4.69) is 37.6 Å². The number of pyridine rings is 2. The van der Waals surface area contributed by atoms with Crippen molar-refractivity contribution in [2.75, 3.05) is 23.3 Å². The third-order valence-corrected chi connectivity index (χ3v) is 7.15. The summed E-state index contributed by atoms with van der Waals surface area (Å²) < 4.78 is 2.00. The van der Waals surface area contributed by atoms with Gasteiger partial charge in [0.2, 0.25) is 0 Å². The summed E-state index contributed by atoms with van der Waals surface area (Å²) in [7, 11) is 1.98. The van der Waals surface area contributed by atoms with Crippen LogP contribution < -0.4 is 15.5 Å². The molecule has 4 aromatic rings. The smallest absolute Gasteiger partial charge is 0.254 e. The van der Waals surface area contributed by atoms with Crippen LogP contribution in [0.2, 0.25) is 0 Å². The number of aryl methyl sites for hydroxylation is 1. The summed E-state index contributed by atoms with van der Waals surface area (Å²) in [5.74, 6) is 0.598. The first-order chi connectivity index (χ1) is 17.0. The maximum absolute atomic E-state index is 13.0. The highest BCUT2D eigenvalue weighted by atomic mass is 16.3. The van der Waals surface area contributed by atoms with Crippen molar-refractivity contribution in [2.45, 2.75) is 31.9 Å². The molecule has 1 atom stereocenters. The van der Waals surface area contributed by atoms with Crippen LogP contribution in [0.15, 0.2) is 55.0 Å². The fourth-order valence-electron chi connectivity index (χ4n) is 5.30. The fraction of sp³-hybridized carbons (Fsp3) is 0.296. The van der Waals surface area contributed by atoms with Gasteiger partial charge >= 0.3 is 0 Å². The van der Waals surface area contributed by atoms with Crippen molar-refractivity contribution in [3.8, 4) is 11.1 Å². The molecule has 0 aliphatic carbocycles. The van der Waals surface area contributed by atoms with Gasteiger partial charge < -0.3 is 25.2 Å². The Kier molecular flexibility index (Phi) is 5.18. The van der Waals surface area contributed by atoms with Gasteiger partial charge in [-0.2, -0.15) is 0 Å². The van der Waals surface area contributed by atoms with E-state index in [1.54, 1.807) is 0 Å². The van der Waals surface area contributed by atoms with Crippen LogP contribution in [0, 0.1) is 0 Å². The molecule has 0 radical (unpaired) electrons. The van der Waals surface area contributed by atoms with Gasteiger partial charge in [0.05, 0.1) is 35.3 Å². The minimum atomic E-state index is -0.205. The Morgan fingerprint density at radius 2 is 1.89 bits per heavy atom. The van der Waals surface area contributed by atoms with Gasteiger partial charge in [-0.3, -0.25) is 4.79 Å². The quantitative estimate of drug-likeness (QED) is 0.417. The van der Waals surface area contributed by atoms with Crippen molar-refractivity contribution in [3.05, 3.63) is 66.1 Å². The number of carbonyl (C=O) groups excluding carboxylic acids is 1. The maximum atomic E-state index is 13.0. The number of aliphatic hydroxyl groups excluding tert-OH is 1. The highest BCUT2D eigenvalue weighted by molar-refractivity contribution is 6.08. The van der Waals surface area contributed by atoms with Crippen LogP contribution in [0.1, 0.15) is 41.7 Å². The van der Waals surface area contributed by atoms with Crippen molar-refractivity contribution >= 4 is 34.1 Å². The summed E-state index contributed by atoms with van der Waals surface area (Å²) in [5.41, 5.74) is 6.44. The molecule has 1 saturated heterocycles. The highest BCUT2D eigenvalue weighted by Gasteiger charge is 2.32. The van der Waals surface area contributed by atoms with E-state index in [0.717, 1.165) is 65.0 Å². The molecule has 3 aromatic heterocycles. The lowest BCUT2D eigenvalue weighted by Gasteiger charge is -2.31. The number of anilines is 3. The number of piperidine rings is 1. The maximum Gasteiger partial charge on any atom is 0.254 e. The van der Waals surface area contributed by atoms with E-state index in [0.29, 0.717) is 11.4 Å². The molecule has 3 N–H and O–H groups in total. The van der Waals surface area contributed by atoms with Gasteiger partial charge in [0, 0.05) is 37.9 Å². The van der Waals surface area contributed by atoms with Crippen molar-refractivity contribution < 1.29 is 9.90 Å². The molecule has 2 aliphatic rings. The van der Waals surface area contributed by atoms with Crippen molar-refractivity contribution in [2.24, 2.45) is 7.05 Å². The zero-order valence-electron chi connectivity index (χ0n) is 19.8. The second-order valence-corrected chi connectivity index (χ2v) is 9.41. The van der Waals surface area contributed by atoms with E-state index in [4.69, 9.17) is 0 Å². The minimum absolute atomic E-state index is 0.0845. The van der Waals surface area contributed by atoms with E-state index in [1.165, 1.54) is 0 Å². The summed E-state index contributed by atoms with van der Waals surface area (Å²) in [6, 6.07) is 12.0. The van der Waals surface area contributed by atoms with Crippen LogP contribution in [0.25, 0.3) is 22.2 Å². The zero-order valence-corrected chi connectivity index (χ0v) is 19.8. The second-order valence-electron chi connectivity index (χ2n) is 9.41. The summed E-state index contributed by atoms with van der Waals surface area (Å²) in [6.07, 6.45) is 7.02. The molecule has 6 rings (SSSR count). The van der Waals surface area contributed by atoms with E-state index in [9.17, 15) is 9.90 Å². The van der Waals surface area contributed by atoms with Crippen LogP contribution in [-0.2, 0) is 7.05 Å². The molecule has 1 fully saturated rings. The van der Waals surface area contributed by atoms with Crippen LogP contribution >= 0.6 is 0 Å². The number of aromatic nitrogens is 3. The first-order valence-corrected chi connectivity index (χ1v) is 12.0. The number of benzene rings is 1. The number of amides is 1. The Morgan fingerprint density at radius 3 is 2.66 bits per heavy atom. The lowest BCUT2D eigenvalue weighted by molar-refractivity contribution is 0.0959. The van der Waals surface area contributed by atoms with Crippen LogP contribution in [0.5, 0.6) is 0 Å². The highest BCUT2D eigenvalue weighted by Crippen LogP contribution is 2.41. The van der Waals surface area contributed by atoms with Gasteiger partial charge in [0.1, 0.15) is 11.5 Å². The van der Waals surface area contributed by atoms with Crippen LogP contribution in [-0.4, -0.2) is 44.7 Å². The van der Waals surface area contributed by atoms with Gasteiger partial charge in [0.25, 0.3) is 5.91 Å². The largest absolute Gasteiger partial charge is 0.393 e. The number of fused-ring (bicyclic) bond motifs is 2. The SMILES string of the molecule is C[C@@H]1NC(=O)c2c(Nc3ccc(N4CCC(O)CC4)cn3)ccc(-c3ccnc4c3ccn4C)c21. The molecule has 0 unspecified atom stereocenters. The zero-order chi connectivity index (χ0) is 24.1. The van der Waals surface area contributed by atoms with E-state index < -0.39 is 0 Å². The number of nitrogens with zero attached hydrogens (tertiary/aromatic N) is 4. The monoisotopic (exact) mass is 468 g/mol. The Morgan fingerprint density at radius 1 is 1.06 bits per heavy atom. The molecule has 178 valence electrons. The first kappa shape index (κ1) is 21.6. The minimum Gasteiger partial charge on any atom is -0.393 e. The standard InChI is InChI=1S/C27H28N6O2/c1-16-24-20(19-7-11-28-26-21(19)10-12-32(26)2)4-5-22(25(24)27(35)30-16)31-23-6-3-17(15-29-23)33-13-8-18(34)9-14-33/h3-7,10-12,15-16,18,34H,8-9,13-14H2,1-2H3,(H,29,31)(H,30,35)/t16-/m0/s1. The molecule has 8 heteroatoms. The molecule has 1 amide bonds. The normalized spacial score (nSPS) is 18.1. The average Bonchev–Trinajstić information content (AvgIpc) is 3.40. The summed E-state index contributed by atoms with van der Waals surface area (Å²) in [5, 5.41) is 17.3. The predicted octanol–water partition coefficient (Wildman–Crippen LogP) is 4.14. The van der Waals surface area contributed by atoms with Gasteiger partial charge in [-0.1, -0.05) is 6.07 Å². The van der Waals surface area contributed by atoms with E-state index in [-0.39, 0.29) is 18.1 Å². The molecule has 8 nitrogen and oxygen atoms in total. The van der Waals surface area contributed by atoms with Crippen molar-refractivity contribution in [3.63, 3.8) is 0 Å². The van der Waals surface area contributed by atoms with Crippen LogP contribution in [0.3, 0.4) is 0 Å². The second kappa shape index (κ2) is 8.39. The molecule has 2 aliphatic heterocycles. The molecule has 0 spiro atoms. The number of carbonyl (C=O) groups is 1. The van der Waals surface area contributed by atoms with E-state index >= 15 is 0 Å². The number of aliphatic hydroxyl groups is 1. The molecule has 5 heterocycles. The summed E-state index contributed by atoms with van der Waals surface area (Å²) in [6.45, 7) is 3.67. The molecule has 0 bridgehead atoms. The Bertz CT molecular complexity index is 1420. The number of hydrogen-bond acceptors (Lipinski definition) is 6. The number of hydrogen-bond donors (Lipinski definition) is 3. The molecule has 0 saturated carbocycles. The topological polar surface area (TPSA) is 95.3 Å². The van der Waals surface area contributed by atoms with Gasteiger partial charge in [0.15, 0.2) is 0 Å². The third-order valence-electron chi connectivity index (χ3n) is 7.15. The summed E-state index contributed by atoms with van der Waals surface area (Å²) >= 11 is 0. The molecular formula is C27H28N6O2. The first-order valence-electron chi connectivity index (χ1n) is 12.0.